The number of nitrogens with one attached hydrogen (secondary N) is 1. The van der Waals surface area contributed by atoms with E-state index in [-0.39, 0.29) is 10.5 Å². The Morgan fingerprint density at radius 1 is 1.47 bits per heavy atom. The van der Waals surface area contributed by atoms with E-state index in [9.17, 15) is 13.2 Å². The molecule has 0 radical (unpaired) electrons. The van der Waals surface area contributed by atoms with Gasteiger partial charge in [0.1, 0.15) is 0 Å². The van der Waals surface area contributed by atoms with E-state index in [0.29, 0.717) is 10.9 Å². The Hall–Kier alpha value is -0.690. The molecule has 1 aromatic carbocycles. The van der Waals surface area contributed by atoms with Gasteiger partial charge in [-0.25, -0.2) is 0 Å². The molecule has 1 unspecified atom stereocenters. The van der Waals surface area contributed by atoms with E-state index in [1.807, 2.05) is 6.92 Å². The molecule has 0 saturated heterocycles. The van der Waals surface area contributed by atoms with Gasteiger partial charge in [-0.2, -0.15) is 13.2 Å². The van der Waals surface area contributed by atoms with Crippen LogP contribution in [-0.4, -0.2) is 17.0 Å². The highest BCUT2D eigenvalue weighted by Gasteiger charge is 2.33. The first-order valence-electron chi connectivity index (χ1n) is 5.74. The van der Waals surface area contributed by atoms with Crippen LogP contribution in [0.2, 0.25) is 0 Å². The van der Waals surface area contributed by atoms with Crippen molar-refractivity contribution in [3.63, 3.8) is 0 Å². The molecule has 2 nitrogen and oxygen atoms in total. The molecule has 1 aliphatic rings. The van der Waals surface area contributed by atoms with Crippen LogP contribution in [-0.2, 0) is 6.18 Å². The molecule has 1 heterocycles. The van der Waals surface area contributed by atoms with Gasteiger partial charge in [0.2, 0.25) is 0 Å². The van der Waals surface area contributed by atoms with Gasteiger partial charge in [-0.1, -0.05) is 34.6 Å². The summed E-state index contributed by atoms with van der Waals surface area (Å²) in [4.78, 5) is 4.39. The van der Waals surface area contributed by atoms with E-state index in [4.69, 9.17) is 0 Å². The minimum atomic E-state index is -4.37. The molecule has 19 heavy (non-hydrogen) atoms. The number of anilines is 1. The maximum Gasteiger partial charge on any atom is 0.417 e. The monoisotopic (exact) mass is 352 g/mol. The zero-order valence-electron chi connectivity index (χ0n) is 10.1. The van der Waals surface area contributed by atoms with Crippen molar-refractivity contribution in [3.05, 3.63) is 28.2 Å². The van der Waals surface area contributed by atoms with Gasteiger partial charge in [-0.05, 0) is 24.6 Å². The van der Waals surface area contributed by atoms with Gasteiger partial charge in [-0.3, -0.25) is 4.99 Å². The molecule has 7 heteroatoms. The van der Waals surface area contributed by atoms with Crippen molar-refractivity contribution >= 4 is 38.5 Å². The lowest BCUT2D eigenvalue weighted by molar-refractivity contribution is -0.138. The van der Waals surface area contributed by atoms with Crippen LogP contribution in [0.1, 0.15) is 18.9 Å². The third-order valence-electron chi connectivity index (χ3n) is 2.71. The first-order chi connectivity index (χ1) is 8.90. The van der Waals surface area contributed by atoms with Crippen molar-refractivity contribution in [3.8, 4) is 0 Å². The van der Waals surface area contributed by atoms with Crippen molar-refractivity contribution in [1.29, 1.82) is 0 Å². The van der Waals surface area contributed by atoms with Gasteiger partial charge < -0.3 is 5.32 Å². The van der Waals surface area contributed by atoms with Crippen LogP contribution in [0, 0.1) is 0 Å². The Bertz CT molecular complexity index is 502. The van der Waals surface area contributed by atoms with Crippen molar-refractivity contribution < 1.29 is 13.2 Å². The lowest BCUT2D eigenvalue weighted by atomic mass is 10.2. The summed E-state index contributed by atoms with van der Waals surface area (Å²) in [6.07, 6.45) is -3.43. The minimum Gasteiger partial charge on any atom is -0.335 e. The van der Waals surface area contributed by atoms with Crippen LogP contribution in [0.3, 0.4) is 0 Å². The highest BCUT2D eigenvalue weighted by Crippen LogP contribution is 2.36. The molecule has 2 rings (SSSR count). The summed E-state index contributed by atoms with van der Waals surface area (Å²) >= 11 is 4.45. The normalized spacial score (nSPS) is 19.4. The summed E-state index contributed by atoms with van der Waals surface area (Å²) in [6.45, 7) is 2.04. The van der Waals surface area contributed by atoms with Crippen LogP contribution < -0.4 is 5.32 Å². The first-order valence-corrected chi connectivity index (χ1v) is 7.52. The summed E-state index contributed by atoms with van der Waals surface area (Å²) in [5, 5.41) is 3.62. The molecular weight excluding hydrogens is 341 g/mol. The third-order valence-corrected chi connectivity index (χ3v) is 4.43. The van der Waals surface area contributed by atoms with Gasteiger partial charge >= 0.3 is 6.18 Å². The molecule has 1 N–H and O–H groups in total. The molecule has 0 aliphatic carbocycles. The minimum absolute atomic E-state index is 0.0398. The van der Waals surface area contributed by atoms with Crippen molar-refractivity contribution in [2.45, 2.75) is 25.6 Å². The van der Waals surface area contributed by atoms with Crippen LogP contribution in [0.15, 0.2) is 27.7 Å². The number of amidine groups is 1. The number of hydrogen-bond donors (Lipinski definition) is 1. The second kappa shape index (κ2) is 5.75. The zero-order valence-corrected chi connectivity index (χ0v) is 12.5. The summed E-state index contributed by atoms with van der Waals surface area (Å²) in [6, 6.07) is 4.33. The highest BCUT2D eigenvalue weighted by molar-refractivity contribution is 9.10. The third kappa shape index (κ3) is 3.66. The van der Waals surface area contributed by atoms with Crippen molar-refractivity contribution in [2.75, 3.05) is 11.1 Å². The fourth-order valence-corrected chi connectivity index (χ4v) is 3.18. The van der Waals surface area contributed by atoms with Crippen LogP contribution in [0.5, 0.6) is 0 Å². The fourth-order valence-electron chi connectivity index (χ4n) is 1.64. The Morgan fingerprint density at radius 3 is 2.79 bits per heavy atom. The lowest BCUT2D eigenvalue weighted by Crippen LogP contribution is -2.09. The van der Waals surface area contributed by atoms with Crippen molar-refractivity contribution in [2.24, 2.45) is 4.99 Å². The summed E-state index contributed by atoms with van der Waals surface area (Å²) in [7, 11) is 0. The van der Waals surface area contributed by atoms with Crippen molar-refractivity contribution in [1.82, 2.24) is 0 Å². The number of benzene rings is 1. The second-order valence-electron chi connectivity index (χ2n) is 4.12. The molecule has 1 aliphatic heterocycles. The van der Waals surface area contributed by atoms with Gasteiger partial charge in [0, 0.05) is 15.9 Å². The molecule has 0 amide bonds. The zero-order chi connectivity index (χ0) is 14.0. The number of aliphatic imine (C=N–C) groups is 1. The standard InChI is InChI=1S/C12H12BrF3N2S/c1-2-7-6-19-11(17-7)18-8-3-4-10(13)9(5-8)12(14,15)16/h3-5,7H,2,6H2,1H3,(H,17,18). The summed E-state index contributed by atoms with van der Waals surface area (Å²) < 4.78 is 38.3. The molecule has 104 valence electrons. The number of rotatable bonds is 2. The number of alkyl halides is 3. The van der Waals surface area contributed by atoms with Gasteiger partial charge in [0.05, 0.1) is 11.6 Å². The van der Waals surface area contributed by atoms with E-state index in [1.165, 1.54) is 17.8 Å². The second-order valence-corrected chi connectivity index (χ2v) is 5.99. The molecule has 0 aromatic heterocycles. The molecule has 0 saturated carbocycles. The van der Waals surface area contributed by atoms with E-state index in [2.05, 4.69) is 26.2 Å². The Labute approximate surface area is 122 Å². The largest absolute Gasteiger partial charge is 0.417 e. The molecular formula is C12H12BrF3N2S. The van der Waals surface area contributed by atoms with E-state index in [1.54, 1.807) is 6.07 Å². The molecule has 0 bridgehead atoms. The molecule has 1 atom stereocenters. The van der Waals surface area contributed by atoms with E-state index >= 15 is 0 Å². The van der Waals surface area contributed by atoms with Gasteiger partial charge in [0.25, 0.3) is 0 Å². The number of thioether (sulfide) groups is 1. The smallest absolute Gasteiger partial charge is 0.335 e. The predicted octanol–water partition coefficient (Wildman–Crippen LogP) is 4.76. The van der Waals surface area contributed by atoms with Crippen LogP contribution in [0.25, 0.3) is 0 Å². The highest BCUT2D eigenvalue weighted by atomic mass is 79.9. The maximum absolute atomic E-state index is 12.8. The average Bonchev–Trinajstić information content (AvgIpc) is 2.78. The number of hydrogen-bond acceptors (Lipinski definition) is 3. The number of halogens is 4. The van der Waals surface area contributed by atoms with Gasteiger partial charge in [-0.15, -0.1) is 0 Å². The first kappa shape index (κ1) is 14.7. The quantitative estimate of drug-likeness (QED) is 0.829. The topological polar surface area (TPSA) is 24.4 Å². The van der Waals surface area contributed by atoms with E-state index < -0.39 is 11.7 Å². The maximum atomic E-state index is 12.8. The lowest BCUT2D eigenvalue weighted by Gasteiger charge is -2.12. The van der Waals surface area contributed by atoms with E-state index in [0.717, 1.165) is 18.2 Å². The Balaban J connectivity index is 2.18. The van der Waals surface area contributed by atoms with Crippen LogP contribution >= 0.6 is 27.7 Å². The van der Waals surface area contributed by atoms with Crippen LogP contribution in [0.4, 0.5) is 18.9 Å². The fraction of sp³-hybridized carbons (Fsp3) is 0.417. The molecule has 1 aromatic rings. The predicted molar refractivity (Wildman–Crippen MR) is 76.7 cm³/mol. The molecule has 0 spiro atoms. The number of nitrogens with zero attached hydrogens (tertiary/aromatic N) is 1. The summed E-state index contributed by atoms with van der Waals surface area (Å²) in [5.41, 5.74) is -0.285. The molecule has 0 fully saturated rings. The summed E-state index contributed by atoms with van der Waals surface area (Å²) in [5.74, 6) is 0.876. The van der Waals surface area contributed by atoms with Gasteiger partial charge in [0.15, 0.2) is 5.17 Å². The average molecular weight is 353 g/mol. The Morgan fingerprint density at radius 2 is 2.21 bits per heavy atom. The Kier molecular flexibility index (Phi) is 4.45. The SMILES string of the molecule is CCC1CSC(Nc2ccc(Br)c(C(F)(F)F)c2)=N1.